The van der Waals surface area contributed by atoms with Crippen molar-refractivity contribution in [2.45, 2.75) is 26.2 Å². The van der Waals surface area contributed by atoms with Crippen LogP contribution < -0.4 is 10.6 Å². The molecule has 1 aliphatic heterocycles. The van der Waals surface area contributed by atoms with E-state index in [1.54, 1.807) is 12.1 Å². The lowest BCUT2D eigenvalue weighted by Crippen LogP contribution is -2.24. The number of benzene rings is 1. The summed E-state index contributed by atoms with van der Waals surface area (Å²) in [6.07, 6.45) is 3.65. The minimum absolute atomic E-state index is 0.130. The normalized spacial score (nSPS) is 20.0. The third kappa shape index (κ3) is 3.13. The van der Waals surface area contributed by atoms with E-state index in [1.807, 2.05) is 6.07 Å². The van der Waals surface area contributed by atoms with Crippen molar-refractivity contribution in [1.82, 2.24) is 0 Å². The summed E-state index contributed by atoms with van der Waals surface area (Å²) in [5.41, 5.74) is 7.44. The van der Waals surface area contributed by atoms with Crippen LogP contribution in [0.25, 0.3) is 0 Å². The molecule has 1 atom stereocenters. The Hall–Kier alpha value is -1.42. The second kappa shape index (κ2) is 6.15. The quantitative estimate of drug-likeness (QED) is 0.386. The smallest absolute Gasteiger partial charge is 0.172 e. The Balaban J connectivity index is 2.26. The van der Waals surface area contributed by atoms with Crippen LogP contribution in [0.4, 0.5) is 5.69 Å². The second-order valence-electron chi connectivity index (χ2n) is 5.04. The molecule has 0 bridgehead atoms. The zero-order chi connectivity index (χ0) is 13.8. The van der Waals surface area contributed by atoms with Crippen LogP contribution in [0.2, 0.25) is 5.02 Å². The number of hydrogen-bond acceptors (Lipinski definition) is 3. The Kier molecular flexibility index (Phi) is 4.53. The molecule has 4 nitrogen and oxygen atoms in total. The lowest BCUT2D eigenvalue weighted by Gasteiger charge is -2.22. The maximum Gasteiger partial charge on any atom is 0.172 e. The van der Waals surface area contributed by atoms with Gasteiger partial charge >= 0.3 is 0 Å². The van der Waals surface area contributed by atoms with Gasteiger partial charge in [0.15, 0.2) is 5.84 Å². The first-order chi connectivity index (χ1) is 9.15. The number of halogens is 1. The lowest BCUT2D eigenvalue weighted by molar-refractivity contribution is 0.318. The molecular weight excluding hydrogens is 262 g/mol. The molecule has 0 radical (unpaired) electrons. The molecule has 1 aromatic carbocycles. The predicted molar refractivity (Wildman–Crippen MR) is 79.2 cm³/mol. The van der Waals surface area contributed by atoms with Crippen molar-refractivity contribution in [3.63, 3.8) is 0 Å². The average molecular weight is 282 g/mol. The minimum Gasteiger partial charge on any atom is -0.409 e. The van der Waals surface area contributed by atoms with Gasteiger partial charge < -0.3 is 15.8 Å². The van der Waals surface area contributed by atoms with Crippen molar-refractivity contribution < 1.29 is 5.21 Å². The largest absolute Gasteiger partial charge is 0.409 e. The van der Waals surface area contributed by atoms with Gasteiger partial charge in [0.2, 0.25) is 0 Å². The lowest BCUT2D eigenvalue weighted by atomic mass is 10.0. The molecule has 104 valence electrons. The van der Waals surface area contributed by atoms with E-state index in [0.29, 0.717) is 5.02 Å². The van der Waals surface area contributed by atoms with Gasteiger partial charge in [-0.2, -0.15) is 0 Å². The Bertz CT molecular complexity index is 476. The minimum atomic E-state index is 0.130. The van der Waals surface area contributed by atoms with Crippen LogP contribution in [-0.2, 0) is 0 Å². The van der Waals surface area contributed by atoms with E-state index in [0.717, 1.165) is 30.3 Å². The Morgan fingerprint density at radius 3 is 3.05 bits per heavy atom. The molecule has 19 heavy (non-hydrogen) atoms. The fourth-order valence-electron chi connectivity index (χ4n) is 2.73. The van der Waals surface area contributed by atoms with Crippen molar-refractivity contribution in [2.75, 3.05) is 18.0 Å². The highest BCUT2D eigenvalue weighted by atomic mass is 35.5. The third-order valence-corrected chi connectivity index (χ3v) is 3.90. The first kappa shape index (κ1) is 14.0. The van der Waals surface area contributed by atoms with Gasteiger partial charge in [-0.1, -0.05) is 30.1 Å². The van der Waals surface area contributed by atoms with Crippen LogP contribution in [0.15, 0.2) is 23.4 Å². The van der Waals surface area contributed by atoms with Crippen molar-refractivity contribution in [3.8, 4) is 0 Å². The summed E-state index contributed by atoms with van der Waals surface area (Å²) in [4.78, 5) is 2.28. The molecule has 1 aliphatic rings. The number of nitrogens with two attached hydrogens (primary N) is 1. The molecule has 1 saturated heterocycles. The molecule has 0 saturated carbocycles. The first-order valence-corrected chi connectivity index (χ1v) is 7.06. The Morgan fingerprint density at radius 1 is 1.58 bits per heavy atom. The zero-order valence-electron chi connectivity index (χ0n) is 11.1. The average Bonchev–Trinajstić information content (AvgIpc) is 2.87. The molecular formula is C14H20ClN3O. The van der Waals surface area contributed by atoms with E-state index >= 15 is 0 Å². The molecule has 1 aromatic rings. The summed E-state index contributed by atoms with van der Waals surface area (Å²) in [5.74, 6) is 0.856. The highest BCUT2D eigenvalue weighted by Crippen LogP contribution is 2.31. The van der Waals surface area contributed by atoms with E-state index in [4.69, 9.17) is 22.5 Å². The Labute approximate surface area is 118 Å². The van der Waals surface area contributed by atoms with Crippen LogP contribution in [0.5, 0.6) is 0 Å². The first-order valence-electron chi connectivity index (χ1n) is 6.68. The molecule has 0 aliphatic carbocycles. The maximum absolute atomic E-state index is 8.87. The molecule has 2 rings (SSSR count). The third-order valence-electron chi connectivity index (χ3n) is 3.67. The summed E-state index contributed by atoms with van der Waals surface area (Å²) >= 11 is 6.07. The van der Waals surface area contributed by atoms with Crippen LogP contribution >= 0.6 is 11.6 Å². The number of anilines is 1. The Morgan fingerprint density at radius 2 is 2.37 bits per heavy atom. The number of rotatable bonds is 4. The number of oxime groups is 1. The summed E-state index contributed by atoms with van der Waals surface area (Å²) in [6, 6.07) is 5.46. The van der Waals surface area contributed by atoms with Crippen molar-refractivity contribution in [3.05, 3.63) is 28.8 Å². The standard InChI is InChI=1S/C14H20ClN3O/c1-2-3-10-6-7-18(9-10)13-8-11(15)4-5-12(13)14(16)17-19/h4-5,8,10,19H,2-3,6-7,9H2,1H3,(H2,16,17). The van der Waals surface area contributed by atoms with Crippen LogP contribution in [0.1, 0.15) is 31.7 Å². The molecule has 0 spiro atoms. The predicted octanol–water partition coefficient (Wildman–Crippen LogP) is 3.06. The SMILES string of the molecule is CCCC1CCN(c2cc(Cl)ccc2/C(N)=N/O)C1. The van der Waals surface area contributed by atoms with Gasteiger partial charge in [0.05, 0.1) is 0 Å². The molecule has 3 N–H and O–H groups in total. The van der Waals surface area contributed by atoms with E-state index in [1.165, 1.54) is 19.3 Å². The number of hydrogen-bond donors (Lipinski definition) is 2. The number of nitrogens with zero attached hydrogens (tertiary/aromatic N) is 2. The van der Waals surface area contributed by atoms with Crippen LogP contribution in [0.3, 0.4) is 0 Å². The van der Waals surface area contributed by atoms with Gasteiger partial charge in [-0.05, 0) is 37.0 Å². The van der Waals surface area contributed by atoms with Crippen LogP contribution in [-0.4, -0.2) is 24.1 Å². The van der Waals surface area contributed by atoms with E-state index in [-0.39, 0.29) is 5.84 Å². The van der Waals surface area contributed by atoms with Gasteiger partial charge in [-0.15, -0.1) is 0 Å². The monoisotopic (exact) mass is 281 g/mol. The molecule has 1 unspecified atom stereocenters. The van der Waals surface area contributed by atoms with E-state index in [9.17, 15) is 0 Å². The molecule has 1 heterocycles. The van der Waals surface area contributed by atoms with Gasteiger partial charge in [0.1, 0.15) is 0 Å². The number of amidine groups is 1. The summed E-state index contributed by atoms with van der Waals surface area (Å²) in [5, 5.41) is 12.6. The summed E-state index contributed by atoms with van der Waals surface area (Å²) in [7, 11) is 0. The highest BCUT2D eigenvalue weighted by Gasteiger charge is 2.24. The molecule has 5 heteroatoms. The highest BCUT2D eigenvalue weighted by molar-refractivity contribution is 6.31. The van der Waals surface area contributed by atoms with E-state index < -0.39 is 0 Å². The fourth-order valence-corrected chi connectivity index (χ4v) is 2.90. The molecule has 1 fully saturated rings. The summed E-state index contributed by atoms with van der Waals surface area (Å²) in [6.45, 7) is 4.22. The second-order valence-corrected chi connectivity index (χ2v) is 5.47. The van der Waals surface area contributed by atoms with Crippen molar-refractivity contribution in [1.29, 1.82) is 0 Å². The zero-order valence-corrected chi connectivity index (χ0v) is 11.9. The molecule has 0 amide bonds. The van der Waals surface area contributed by atoms with Gasteiger partial charge in [0, 0.05) is 29.4 Å². The van der Waals surface area contributed by atoms with Gasteiger partial charge in [0.25, 0.3) is 0 Å². The maximum atomic E-state index is 8.87. The molecule has 0 aromatic heterocycles. The van der Waals surface area contributed by atoms with Gasteiger partial charge in [-0.25, -0.2) is 0 Å². The summed E-state index contributed by atoms with van der Waals surface area (Å²) < 4.78 is 0. The van der Waals surface area contributed by atoms with Gasteiger partial charge in [-0.3, -0.25) is 0 Å². The topological polar surface area (TPSA) is 61.8 Å². The fraction of sp³-hybridized carbons (Fsp3) is 0.500. The van der Waals surface area contributed by atoms with E-state index in [2.05, 4.69) is 17.0 Å². The van der Waals surface area contributed by atoms with Crippen LogP contribution in [0, 0.1) is 5.92 Å². The van der Waals surface area contributed by atoms with Crippen molar-refractivity contribution >= 4 is 23.1 Å². The van der Waals surface area contributed by atoms with Crippen molar-refractivity contribution in [2.24, 2.45) is 16.8 Å².